The number of benzene rings is 2. The summed E-state index contributed by atoms with van der Waals surface area (Å²) in [5, 5.41) is 6.42. The second kappa shape index (κ2) is 10.1. The van der Waals surface area contributed by atoms with E-state index in [0.717, 1.165) is 11.3 Å². The summed E-state index contributed by atoms with van der Waals surface area (Å²) in [4.78, 5) is 12.4. The highest BCUT2D eigenvalue weighted by Crippen LogP contribution is 2.20. The highest BCUT2D eigenvalue weighted by atomic mass is 35.5. The number of carbonyl (C=O) groups excluding carboxylic acids is 1. The summed E-state index contributed by atoms with van der Waals surface area (Å²) >= 11 is 11.2. The molecule has 0 saturated heterocycles. The van der Waals surface area contributed by atoms with E-state index in [4.69, 9.17) is 33.3 Å². The molecule has 0 aliphatic carbocycles. The first-order valence-corrected chi connectivity index (χ1v) is 8.97. The largest absolute Gasteiger partial charge is 0.491 e. The van der Waals surface area contributed by atoms with Crippen LogP contribution in [0.25, 0.3) is 0 Å². The molecule has 2 rings (SSSR count). The van der Waals surface area contributed by atoms with E-state index in [1.54, 1.807) is 36.4 Å². The van der Waals surface area contributed by atoms with E-state index in [1.165, 1.54) is 0 Å². The lowest BCUT2D eigenvalue weighted by molar-refractivity contribution is 0.0976. The van der Waals surface area contributed by atoms with Crippen LogP contribution in [-0.4, -0.2) is 30.8 Å². The van der Waals surface area contributed by atoms with Crippen molar-refractivity contribution in [3.05, 3.63) is 58.6 Å². The maximum absolute atomic E-state index is 12.4. The molecule has 0 saturated carbocycles. The quantitative estimate of drug-likeness (QED) is 0.546. The van der Waals surface area contributed by atoms with E-state index >= 15 is 0 Å². The molecule has 26 heavy (non-hydrogen) atoms. The maximum atomic E-state index is 12.4. The van der Waals surface area contributed by atoms with Crippen LogP contribution in [-0.2, 0) is 4.74 Å². The van der Waals surface area contributed by atoms with Gasteiger partial charge < -0.3 is 14.8 Å². The number of rotatable bonds is 7. The smallest absolute Gasteiger partial charge is 0.257 e. The standard InChI is InChI=1S/C19H21ClN2O3S/c1-3-24-9-10-25-16-6-4-5-14(11-16)18(23)22-19(26)21-17-12-15(20)8-7-13(17)2/h4-8,11-12H,3,9-10H2,1-2H3,(H2,21,22,23,26). The number of thiocarbonyl (C=S) groups is 1. The first kappa shape index (κ1) is 20.2. The Kier molecular flexibility index (Phi) is 7.84. The number of hydrogen-bond donors (Lipinski definition) is 2. The summed E-state index contributed by atoms with van der Waals surface area (Å²) < 4.78 is 10.8. The van der Waals surface area contributed by atoms with Gasteiger partial charge in [0.25, 0.3) is 5.91 Å². The van der Waals surface area contributed by atoms with Crippen LogP contribution in [0.1, 0.15) is 22.8 Å². The second-order valence-corrected chi connectivity index (χ2v) is 6.29. The topological polar surface area (TPSA) is 59.6 Å². The average molecular weight is 393 g/mol. The lowest BCUT2D eigenvalue weighted by atomic mass is 10.2. The van der Waals surface area contributed by atoms with E-state index < -0.39 is 0 Å². The average Bonchev–Trinajstić information content (AvgIpc) is 2.62. The molecular weight excluding hydrogens is 372 g/mol. The maximum Gasteiger partial charge on any atom is 0.257 e. The molecule has 0 aliphatic rings. The highest BCUT2D eigenvalue weighted by Gasteiger charge is 2.10. The molecule has 5 nitrogen and oxygen atoms in total. The zero-order valence-electron chi connectivity index (χ0n) is 14.7. The molecule has 1 amide bonds. The van der Waals surface area contributed by atoms with Gasteiger partial charge in [-0.1, -0.05) is 23.7 Å². The minimum absolute atomic E-state index is 0.197. The molecule has 0 aliphatic heterocycles. The Balaban J connectivity index is 1.94. The zero-order chi connectivity index (χ0) is 18.9. The first-order valence-electron chi connectivity index (χ1n) is 8.18. The first-order chi connectivity index (χ1) is 12.5. The van der Waals surface area contributed by atoms with Crippen molar-refractivity contribution in [2.24, 2.45) is 0 Å². The van der Waals surface area contributed by atoms with Gasteiger partial charge in [0.1, 0.15) is 12.4 Å². The molecule has 0 radical (unpaired) electrons. The third-order valence-corrected chi connectivity index (χ3v) is 3.91. The number of anilines is 1. The van der Waals surface area contributed by atoms with Crippen molar-refractivity contribution in [3.63, 3.8) is 0 Å². The number of halogens is 1. The monoisotopic (exact) mass is 392 g/mol. The third-order valence-electron chi connectivity index (χ3n) is 3.47. The predicted molar refractivity (Wildman–Crippen MR) is 108 cm³/mol. The summed E-state index contributed by atoms with van der Waals surface area (Å²) in [6, 6.07) is 12.3. The second-order valence-electron chi connectivity index (χ2n) is 5.44. The molecule has 7 heteroatoms. The van der Waals surface area contributed by atoms with Crippen molar-refractivity contribution in [1.82, 2.24) is 5.32 Å². The van der Waals surface area contributed by atoms with Crippen LogP contribution in [0.2, 0.25) is 5.02 Å². The minimum atomic E-state index is -0.322. The SMILES string of the molecule is CCOCCOc1cccc(C(=O)NC(=S)Nc2cc(Cl)ccc2C)c1. The van der Waals surface area contributed by atoms with Gasteiger partial charge in [-0.2, -0.15) is 0 Å². The summed E-state index contributed by atoms with van der Waals surface area (Å²) in [5.74, 6) is 0.277. The van der Waals surface area contributed by atoms with Crippen LogP contribution in [0.3, 0.4) is 0 Å². The van der Waals surface area contributed by atoms with E-state index in [2.05, 4.69) is 10.6 Å². The number of nitrogens with one attached hydrogen (secondary N) is 2. The van der Waals surface area contributed by atoms with Crippen molar-refractivity contribution in [3.8, 4) is 5.75 Å². The van der Waals surface area contributed by atoms with Gasteiger partial charge in [0.2, 0.25) is 0 Å². The predicted octanol–water partition coefficient (Wildman–Crippen LogP) is 4.19. The number of hydrogen-bond acceptors (Lipinski definition) is 4. The van der Waals surface area contributed by atoms with Crippen molar-refractivity contribution in [2.75, 3.05) is 25.1 Å². The van der Waals surface area contributed by atoms with Crippen LogP contribution in [0, 0.1) is 6.92 Å². The third kappa shape index (κ3) is 6.29. The van der Waals surface area contributed by atoms with Gasteiger partial charge in [0.15, 0.2) is 5.11 Å². The fourth-order valence-corrected chi connectivity index (χ4v) is 2.52. The number of carbonyl (C=O) groups is 1. The molecule has 0 aromatic heterocycles. The molecule has 2 aromatic rings. The number of amides is 1. The summed E-state index contributed by atoms with van der Waals surface area (Å²) in [7, 11) is 0. The van der Waals surface area contributed by atoms with Crippen molar-refractivity contribution < 1.29 is 14.3 Å². The Hall–Kier alpha value is -2.15. The molecular formula is C19H21ClN2O3S. The van der Waals surface area contributed by atoms with Crippen molar-refractivity contribution in [2.45, 2.75) is 13.8 Å². The molecule has 0 bridgehead atoms. The molecule has 0 atom stereocenters. The van der Waals surface area contributed by atoms with Crippen LogP contribution < -0.4 is 15.4 Å². The Labute approximate surface area is 163 Å². The summed E-state index contributed by atoms with van der Waals surface area (Å²) in [6.45, 7) is 5.41. The van der Waals surface area contributed by atoms with Crippen LogP contribution in [0.4, 0.5) is 5.69 Å². The number of aryl methyl sites for hydroxylation is 1. The van der Waals surface area contributed by atoms with Crippen molar-refractivity contribution in [1.29, 1.82) is 0 Å². The lowest BCUT2D eigenvalue weighted by Gasteiger charge is -2.12. The van der Waals surface area contributed by atoms with Gasteiger partial charge in [0, 0.05) is 22.9 Å². The van der Waals surface area contributed by atoms with Crippen molar-refractivity contribution >= 4 is 40.5 Å². The Morgan fingerprint density at radius 1 is 1.19 bits per heavy atom. The van der Waals surface area contributed by atoms with Crippen LogP contribution in [0.15, 0.2) is 42.5 Å². The van der Waals surface area contributed by atoms with E-state index in [-0.39, 0.29) is 11.0 Å². The molecule has 138 valence electrons. The molecule has 2 N–H and O–H groups in total. The zero-order valence-corrected chi connectivity index (χ0v) is 16.2. The van der Waals surface area contributed by atoms with E-state index in [1.807, 2.05) is 19.9 Å². The fraction of sp³-hybridized carbons (Fsp3) is 0.263. The van der Waals surface area contributed by atoms with Gasteiger partial charge in [-0.15, -0.1) is 0 Å². The van der Waals surface area contributed by atoms with Gasteiger partial charge >= 0.3 is 0 Å². The molecule has 0 fully saturated rings. The van der Waals surface area contributed by atoms with Gasteiger partial charge in [0.05, 0.1) is 6.61 Å². The molecule has 0 heterocycles. The Morgan fingerprint density at radius 2 is 2.00 bits per heavy atom. The normalized spacial score (nSPS) is 10.3. The van der Waals surface area contributed by atoms with Gasteiger partial charge in [-0.05, 0) is 62.0 Å². The Bertz CT molecular complexity index is 783. The fourth-order valence-electron chi connectivity index (χ4n) is 2.15. The lowest BCUT2D eigenvalue weighted by Crippen LogP contribution is -2.34. The molecule has 2 aromatic carbocycles. The molecule has 0 spiro atoms. The summed E-state index contributed by atoms with van der Waals surface area (Å²) in [5.41, 5.74) is 2.16. The van der Waals surface area contributed by atoms with E-state index in [0.29, 0.717) is 36.2 Å². The summed E-state index contributed by atoms with van der Waals surface area (Å²) in [6.07, 6.45) is 0. The van der Waals surface area contributed by atoms with Crippen LogP contribution >= 0.6 is 23.8 Å². The van der Waals surface area contributed by atoms with Gasteiger partial charge in [-0.3, -0.25) is 10.1 Å². The highest BCUT2D eigenvalue weighted by molar-refractivity contribution is 7.80. The number of ether oxygens (including phenoxy) is 2. The van der Waals surface area contributed by atoms with Crippen LogP contribution in [0.5, 0.6) is 5.75 Å². The minimum Gasteiger partial charge on any atom is -0.491 e. The Morgan fingerprint density at radius 3 is 2.77 bits per heavy atom. The van der Waals surface area contributed by atoms with E-state index in [9.17, 15) is 4.79 Å². The van der Waals surface area contributed by atoms with Gasteiger partial charge in [-0.25, -0.2) is 0 Å². The molecule has 0 unspecified atom stereocenters.